The van der Waals surface area contributed by atoms with Gasteiger partial charge in [0.2, 0.25) is 5.91 Å². The quantitative estimate of drug-likeness (QED) is 0.673. The van der Waals surface area contributed by atoms with Crippen molar-refractivity contribution in [1.82, 2.24) is 15.5 Å². The Hall–Kier alpha value is -1.79. The maximum Gasteiger partial charge on any atom is 0.328 e. The highest BCUT2D eigenvalue weighted by atomic mass is 16.4. The molecule has 1 unspecified atom stereocenters. The van der Waals surface area contributed by atoms with Crippen molar-refractivity contribution in [3.05, 3.63) is 0 Å². The van der Waals surface area contributed by atoms with E-state index in [0.29, 0.717) is 6.54 Å². The Morgan fingerprint density at radius 2 is 2.11 bits per heavy atom. The molecule has 0 aromatic heterocycles. The van der Waals surface area contributed by atoms with Crippen LogP contribution in [0.1, 0.15) is 27.2 Å². The first-order chi connectivity index (χ1) is 8.70. The Kier molecular flexibility index (Phi) is 4.74. The van der Waals surface area contributed by atoms with E-state index in [9.17, 15) is 14.4 Å². The van der Waals surface area contributed by atoms with Gasteiger partial charge in [0.25, 0.3) is 0 Å². The van der Waals surface area contributed by atoms with E-state index in [1.165, 1.54) is 0 Å². The molecule has 108 valence electrons. The number of aliphatic carboxylic acids is 1. The molecule has 1 aliphatic heterocycles. The van der Waals surface area contributed by atoms with Crippen LogP contribution in [0.4, 0.5) is 4.79 Å². The van der Waals surface area contributed by atoms with Gasteiger partial charge in [-0.1, -0.05) is 20.8 Å². The number of amides is 3. The Labute approximate surface area is 112 Å². The van der Waals surface area contributed by atoms with Crippen molar-refractivity contribution in [1.29, 1.82) is 0 Å². The summed E-state index contributed by atoms with van der Waals surface area (Å²) in [4.78, 5) is 35.3. The summed E-state index contributed by atoms with van der Waals surface area (Å²) in [6, 6.07) is -1.51. The summed E-state index contributed by atoms with van der Waals surface area (Å²) < 4.78 is 0. The summed E-state index contributed by atoms with van der Waals surface area (Å²) >= 11 is 0. The van der Waals surface area contributed by atoms with E-state index in [0.717, 1.165) is 11.3 Å². The van der Waals surface area contributed by atoms with Crippen LogP contribution in [0.2, 0.25) is 0 Å². The Morgan fingerprint density at radius 3 is 2.63 bits per heavy atom. The lowest BCUT2D eigenvalue weighted by Crippen LogP contribution is -2.61. The molecule has 0 radical (unpaired) electrons. The average molecular weight is 271 g/mol. The van der Waals surface area contributed by atoms with E-state index in [4.69, 9.17) is 5.11 Å². The number of nitrogens with one attached hydrogen (secondary N) is 2. The standard InChI is InChI=1S/C12H21N3O4/c1-12(2,3)4-5-13-11(19)15-7-9(16)14-6-8(15)10(17)18/h8H,4-7H2,1-3H3,(H,13,19)(H,14,16)(H,17,18). The van der Waals surface area contributed by atoms with E-state index in [2.05, 4.69) is 10.6 Å². The summed E-state index contributed by atoms with van der Waals surface area (Å²) in [5.74, 6) is -1.46. The number of hydrogen-bond donors (Lipinski definition) is 3. The highest BCUT2D eigenvalue weighted by molar-refractivity contribution is 5.90. The van der Waals surface area contributed by atoms with E-state index >= 15 is 0 Å². The second kappa shape index (κ2) is 5.90. The van der Waals surface area contributed by atoms with Crippen LogP contribution in [0.25, 0.3) is 0 Å². The van der Waals surface area contributed by atoms with Gasteiger partial charge in [-0.05, 0) is 11.8 Å². The van der Waals surface area contributed by atoms with Gasteiger partial charge >= 0.3 is 12.0 Å². The van der Waals surface area contributed by atoms with E-state index in [-0.39, 0.29) is 24.4 Å². The molecule has 1 rings (SSSR count). The Morgan fingerprint density at radius 1 is 1.47 bits per heavy atom. The van der Waals surface area contributed by atoms with Crippen molar-refractivity contribution in [3.8, 4) is 0 Å². The summed E-state index contributed by atoms with van der Waals surface area (Å²) in [6.45, 7) is 6.32. The van der Waals surface area contributed by atoms with E-state index < -0.39 is 18.0 Å². The van der Waals surface area contributed by atoms with Gasteiger partial charge in [-0.25, -0.2) is 9.59 Å². The van der Waals surface area contributed by atoms with Crippen molar-refractivity contribution in [3.63, 3.8) is 0 Å². The molecule has 0 bridgehead atoms. The molecular formula is C12H21N3O4. The highest BCUT2D eigenvalue weighted by Crippen LogP contribution is 2.17. The fourth-order valence-corrected chi connectivity index (χ4v) is 1.72. The molecule has 7 heteroatoms. The molecule has 1 aliphatic rings. The van der Waals surface area contributed by atoms with Crippen molar-refractivity contribution < 1.29 is 19.5 Å². The third-order valence-electron chi connectivity index (χ3n) is 2.88. The summed E-state index contributed by atoms with van der Waals surface area (Å²) in [5, 5.41) is 14.1. The topological polar surface area (TPSA) is 98.7 Å². The van der Waals surface area contributed by atoms with Crippen molar-refractivity contribution >= 4 is 17.9 Å². The molecule has 1 atom stereocenters. The second-order valence-electron chi connectivity index (χ2n) is 5.83. The first-order valence-corrected chi connectivity index (χ1v) is 6.25. The molecule has 3 amide bonds. The van der Waals surface area contributed by atoms with Crippen LogP contribution in [0.5, 0.6) is 0 Å². The highest BCUT2D eigenvalue weighted by Gasteiger charge is 2.35. The fourth-order valence-electron chi connectivity index (χ4n) is 1.72. The van der Waals surface area contributed by atoms with Crippen LogP contribution in [-0.2, 0) is 9.59 Å². The van der Waals surface area contributed by atoms with Crippen molar-refractivity contribution in [2.24, 2.45) is 5.41 Å². The number of carboxylic acid groups (broad SMARTS) is 1. The zero-order valence-corrected chi connectivity index (χ0v) is 11.5. The summed E-state index contributed by atoms with van der Waals surface area (Å²) in [5.41, 5.74) is 0.0821. The van der Waals surface area contributed by atoms with Crippen LogP contribution in [0.15, 0.2) is 0 Å². The molecule has 0 aromatic carbocycles. The zero-order valence-electron chi connectivity index (χ0n) is 11.5. The van der Waals surface area contributed by atoms with Crippen LogP contribution in [0, 0.1) is 5.41 Å². The number of urea groups is 1. The molecule has 0 aliphatic carbocycles. The van der Waals surface area contributed by atoms with Gasteiger partial charge in [0, 0.05) is 13.1 Å². The second-order valence-corrected chi connectivity index (χ2v) is 5.83. The Balaban J connectivity index is 2.56. The van der Waals surface area contributed by atoms with Gasteiger partial charge < -0.3 is 15.7 Å². The number of carbonyl (C=O) groups excluding carboxylic acids is 2. The SMILES string of the molecule is CC(C)(C)CCNC(=O)N1CC(=O)NCC1C(=O)O. The molecule has 0 saturated carbocycles. The van der Waals surface area contributed by atoms with Crippen LogP contribution in [-0.4, -0.2) is 53.6 Å². The lowest BCUT2D eigenvalue weighted by Gasteiger charge is -2.33. The largest absolute Gasteiger partial charge is 0.480 e. The zero-order chi connectivity index (χ0) is 14.6. The summed E-state index contributed by atoms with van der Waals surface area (Å²) in [6.07, 6.45) is 0.774. The minimum absolute atomic E-state index is 0.0547. The average Bonchev–Trinajstić information content (AvgIpc) is 2.26. The third-order valence-corrected chi connectivity index (χ3v) is 2.88. The van der Waals surface area contributed by atoms with E-state index in [1.807, 2.05) is 20.8 Å². The van der Waals surface area contributed by atoms with Gasteiger partial charge in [-0.15, -0.1) is 0 Å². The molecule has 19 heavy (non-hydrogen) atoms. The minimum atomic E-state index is -1.12. The van der Waals surface area contributed by atoms with Gasteiger partial charge in [-0.3, -0.25) is 9.69 Å². The van der Waals surface area contributed by atoms with Crippen LogP contribution in [0.3, 0.4) is 0 Å². The first kappa shape index (κ1) is 15.3. The molecule has 3 N–H and O–H groups in total. The van der Waals surface area contributed by atoms with Crippen LogP contribution >= 0.6 is 0 Å². The normalized spacial score (nSPS) is 19.8. The minimum Gasteiger partial charge on any atom is -0.480 e. The maximum atomic E-state index is 11.9. The Bertz CT molecular complexity index is 376. The number of carboxylic acids is 1. The smallest absolute Gasteiger partial charge is 0.328 e. The molecule has 1 saturated heterocycles. The number of hydrogen-bond acceptors (Lipinski definition) is 3. The fraction of sp³-hybridized carbons (Fsp3) is 0.750. The maximum absolute atomic E-state index is 11.9. The molecule has 0 aromatic rings. The van der Waals surface area contributed by atoms with Gasteiger partial charge in [0.1, 0.15) is 12.6 Å². The van der Waals surface area contributed by atoms with E-state index in [1.54, 1.807) is 0 Å². The van der Waals surface area contributed by atoms with Crippen molar-refractivity contribution in [2.75, 3.05) is 19.6 Å². The molecule has 7 nitrogen and oxygen atoms in total. The molecule has 1 fully saturated rings. The summed E-state index contributed by atoms with van der Waals surface area (Å²) in [7, 11) is 0. The number of rotatable bonds is 3. The molecule has 1 heterocycles. The monoisotopic (exact) mass is 271 g/mol. The number of nitrogens with zero attached hydrogens (tertiary/aromatic N) is 1. The molecular weight excluding hydrogens is 250 g/mol. The van der Waals surface area contributed by atoms with Gasteiger partial charge in [0.05, 0.1) is 0 Å². The lowest BCUT2D eigenvalue weighted by atomic mass is 9.92. The predicted octanol–water partition coefficient (Wildman–Crippen LogP) is 0.0172. The lowest BCUT2D eigenvalue weighted by molar-refractivity contribution is -0.144. The molecule has 0 spiro atoms. The van der Waals surface area contributed by atoms with Crippen LogP contribution < -0.4 is 10.6 Å². The number of carbonyl (C=O) groups is 3. The number of piperazine rings is 1. The first-order valence-electron chi connectivity index (χ1n) is 6.25. The van der Waals surface area contributed by atoms with Gasteiger partial charge in [0.15, 0.2) is 0 Å². The third kappa shape index (κ3) is 4.76. The van der Waals surface area contributed by atoms with Crippen molar-refractivity contribution in [2.45, 2.75) is 33.2 Å². The van der Waals surface area contributed by atoms with Gasteiger partial charge in [-0.2, -0.15) is 0 Å². The predicted molar refractivity (Wildman–Crippen MR) is 68.6 cm³/mol.